The van der Waals surface area contributed by atoms with E-state index in [1.54, 1.807) is 19.9 Å². The van der Waals surface area contributed by atoms with Gasteiger partial charge in [-0.25, -0.2) is 4.39 Å². The average Bonchev–Trinajstić information content (AvgIpc) is 3.01. The minimum absolute atomic E-state index is 0.130. The van der Waals surface area contributed by atoms with Crippen LogP contribution in [0, 0.1) is 5.82 Å². The van der Waals surface area contributed by atoms with Crippen LogP contribution in [0.1, 0.15) is 19.4 Å². The molecule has 1 heterocycles. The lowest BCUT2D eigenvalue weighted by molar-refractivity contribution is -0.149. The number of anilines is 1. The van der Waals surface area contributed by atoms with Crippen LogP contribution in [0.25, 0.3) is 6.08 Å². The molecule has 1 saturated heterocycles. The number of esters is 1. The van der Waals surface area contributed by atoms with Gasteiger partial charge in [0.1, 0.15) is 18.1 Å². The lowest BCUT2D eigenvalue weighted by Crippen LogP contribution is -2.35. The number of thioether (sulfide) groups is 1. The van der Waals surface area contributed by atoms with Gasteiger partial charge >= 0.3 is 5.97 Å². The highest BCUT2D eigenvalue weighted by atomic mass is 35.5. The molecule has 178 valence electrons. The van der Waals surface area contributed by atoms with Gasteiger partial charge < -0.3 is 14.8 Å². The van der Waals surface area contributed by atoms with Crippen molar-refractivity contribution in [2.45, 2.75) is 20.0 Å². The molecule has 11 heteroatoms. The van der Waals surface area contributed by atoms with E-state index in [1.165, 1.54) is 42.5 Å². The minimum Gasteiger partial charge on any atom is -0.482 e. The maximum atomic E-state index is 12.9. The predicted octanol–water partition coefficient (Wildman–Crippen LogP) is 4.48. The molecule has 0 bridgehead atoms. The molecule has 0 aliphatic carbocycles. The van der Waals surface area contributed by atoms with E-state index in [2.05, 4.69) is 5.32 Å². The standard InChI is InChI=1S/C23H20ClFN2O6S/c1-13(2)33-21(29)11-27-22(30)19(34-23(27)31)10-14-3-8-18(17(24)9-14)32-12-20(28)26-16-6-4-15(25)5-7-16/h3-10,13H,11-12H2,1-2H3,(H,26,28)/b19-10+. The second-order valence-corrected chi connectivity index (χ2v) is 8.74. The van der Waals surface area contributed by atoms with Crippen molar-refractivity contribution in [2.75, 3.05) is 18.5 Å². The molecule has 1 fully saturated rings. The van der Waals surface area contributed by atoms with Gasteiger partial charge in [-0.1, -0.05) is 17.7 Å². The predicted molar refractivity (Wildman–Crippen MR) is 126 cm³/mol. The first-order chi connectivity index (χ1) is 16.1. The van der Waals surface area contributed by atoms with Gasteiger partial charge in [-0.3, -0.25) is 24.1 Å². The molecular formula is C23H20ClFN2O6S. The normalized spacial score (nSPS) is 14.6. The lowest BCUT2D eigenvalue weighted by Gasteiger charge is -2.13. The summed E-state index contributed by atoms with van der Waals surface area (Å²) in [6.07, 6.45) is 1.11. The summed E-state index contributed by atoms with van der Waals surface area (Å²) in [5.41, 5.74) is 0.936. The van der Waals surface area contributed by atoms with Crippen molar-refractivity contribution >= 4 is 58.1 Å². The van der Waals surface area contributed by atoms with Gasteiger partial charge in [-0.2, -0.15) is 0 Å². The van der Waals surface area contributed by atoms with Crippen LogP contribution in [0.3, 0.4) is 0 Å². The van der Waals surface area contributed by atoms with Gasteiger partial charge in [0.25, 0.3) is 17.1 Å². The molecule has 3 rings (SSSR count). The zero-order chi connectivity index (χ0) is 24.8. The molecule has 2 aromatic rings. The van der Waals surface area contributed by atoms with Gasteiger partial charge in [0.2, 0.25) is 0 Å². The van der Waals surface area contributed by atoms with E-state index in [-0.39, 0.29) is 28.4 Å². The summed E-state index contributed by atoms with van der Waals surface area (Å²) in [7, 11) is 0. The van der Waals surface area contributed by atoms with Crippen LogP contribution in [0.15, 0.2) is 47.4 Å². The van der Waals surface area contributed by atoms with Crippen molar-refractivity contribution in [1.82, 2.24) is 4.90 Å². The number of benzene rings is 2. The first-order valence-corrected chi connectivity index (χ1v) is 11.2. The number of imide groups is 1. The largest absolute Gasteiger partial charge is 0.482 e. The van der Waals surface area contributed by atoms with Gasteiger partial charge in [-0.05, 0) is 73.6 Å². The molecular weight excluding hydrogens is 487 g/mol. The lowest BCUT2D eigenvalue weighted by atomic mass is 10.2. The topological polar surface area (TPSA) is 102 Å². The fraction of sp³-hybridized carbons (Fsp3) is 0.217. The van der Waals surface area contributed by atoms with Crippen molar-refractivity contribution in [1.29, 1.82) is 0 Å². The summed E-state index contributed by atoms with van der Waals surface area (Å²) >= 11 is 6.93. The molecule has 8 nitrogen and oxygen atoms in total. The molecule has 2 aromatic carbocycles. The summed E-state index contributed by atoms with van der Waals surface area (Å²) in [4.78, 5) is 49.4. The van der Waals surface area contributed by atoms with Gasteiger partial charge in [-0.15, -0.1) is 0 Å². The minimum atomic E-state index is -0.674. The van der Waals surface area contributed by atoms with Crippen LogP contribution < -0.4 is 10.1 Å². The third-order valence-electron chi connectivity index (χ3n) is 4.27. The summed E-state index contributed by atoms with van der Waals surface area (Å²) in [6, 6.07) is 9.91. The number of nitrogens with one attached hydrogen (secondary N) is 1. The fourth-order valence-corrected chi connectivity index (χ4v) is 3.90. The van der Waals surface area contributed by atoms with Crippen LogP contribution in [0.5, 0.6) is 5.75 Å². The zero-order valence-electron chi connectivity index (χ0n) is 18.2. The third-order valence-corrected chi connectivity index (χ3v) is 5.47. The number of carbonyl (C=O) groups is 4. The van der Waals surface area contributed by atoms with E-state index in [9.17, 15) is 23.6 Å². The van der Waals surface area contributed by atoms with Gasteiger partial charge in [0, 0.05) is 5.69 Å². The Bertz CT molecular complexity index is 1150. The first-order valence-electron chi connectivity index (χ1n) is 10.0. The summed E-state index contributed by atoms with van der Waals surface area (Å²) in [5, 5.41) is 2.17. The molecule has 1 N–H and O–H groups in total. The van der Waals surface area contributed by atoms with Crippen molar-refractivity contribution < 1.29 is 33.0 Å². The van der Waals surface area contributed by atoms with E-state index < -0.39 is 35.4 Å². The Hall–Kier alpha value is -3.37. The molecule has 0 radical (unpaired) electrons. The summed E-state index contributed by atoms with van der Waals surface area (Å²) in [5.74, 6) is -1.93. The molecule has 34 heavy (non-hydrogen) atoms. The van der Waals surface area contributed by atoms with Gasteiger partial charge in [0.15, 0.2) is 6.61 Å². The second-order valence-electron chi connectivity index (χ2n) is 7.34. The average molecular weight is 507 g/mol. The van der Waals surface area contributed by atoms with E-state index >= 15 is 0 Å². The van der Waals surface area contributed by atoms with Gasteiger partial charge in [0.05, 0.1) is 16.0 Å². The molecule has 3 amide bonds. The van der Waals surface area contributed by atoms with Crippen LogP contribution in [-0.2, 0) is 19.1 Å². The first kappa shape index (κ1) is 25.3. The smallest absolute Gasteiger partial charge is 0.326 e. The van der Waals surface area contributed by atoms with Crippen molar-refractivity contribution in [3.05, 3.63) is 63.8 Å². The van der Waals surface area contributed by atoms with E-state index in [4.69, 9.17) is 21.1 Å². The number of halogens is 2. The third kappa shape index (κ3) is 6.82. The quantitative estimate of drug-likeness (QED) is 0.416. The molecule has 0 atom stereocenters. The van der Waals surface area contributed by atoms with E-state index in [1.807, 2.05) is 0 Å². The second kappa shape index (κ2) is 11.2. The Morgan fingerprint density at radius 1 is 1.18 bits per heavy atom. The Morgan fingerprint density at radius 2 is 1.88 bits per heavy atom. The highest BCUT2D eigenvalue weighted by molar-refractivity contribution is 8.18. The number of ether oxygens (including phenoxy) is 2. The maximum Gasteiger partial charge on any atom is 0.326 e. The summed E-state index contributed by atoms with van der Waals surface area (Å²) in [6.45, 7) is 2.54. The Balaban J connectivity index is 1.60. The molecule has 0 unspecified atom stereocenters. The van der Waals surface area contributed by atoms with Crippen molar-refractivity contribution in [2.24, 2.45) is 0 Å². The molecule has 1 aliphatic heterocycles. The highest BCUT2D eigenvalue weighted by Crippen LogP contribution is 2.33. The molecule has 0 aromatic heterocycles. The van der Waals surface area contributed by atoms with E-state index in [0.717, 1.165) is 4.90 Å². The van der Waals surface area contributed by atoms with Crippen LogP contribution >= 0.6 is 23.4 Å². The number of nitrogens with zero attached hydrogens (tertiary/aromatic N) is 1. The van der Waals surface area contributed by atoms with Crippen LogP contribution in [-0.4, -0.2) is 47.2 Å². The van der Waals surface area contributed by atoms with Crippen molar-refractivity contribution in [3.63, 3.8) is 0 Å². The van der Waals surface area contributed by atoms with E-state index in [0.29, 0.717) is 23.0 Å². The van der Waals surface area contributed by atoms with Crippen LogP contribution in [0.2, 0.25) is 5.02 Å². The monoisotopic (exact) mass is 506 g/mol. The number of carbonyl (C=O) groups excluding carboxylic acids is 4. The molecule has 0 saturated carbocycles. The number of hydrogen-bond donors (Lipinski definition) is 1. The number of hydrogen-bond acceptors (Lipinski definition) is 7. The molecule has 1 aliphatic rings. The van der Waals surface area contributed by atoms with Crippen molar-refractivity contribution in [3.8, 4) is 5.75 Å². The maximum absolute atomic E-state index is 12.9. The molecule has 0 spiro atoms. The number of amides is 3. The Kier molecular flexibility index (Phi) is 8.30. The summed E-state index contributed by atoms with van der Waals surface area (Å²) < 4.78 is 23.3. The zero-order valence-corrected chi connectivity index (χ0v) is 19.7. The Labute approximate surface area is 204 Å². The van der Waals surface area contributed by atoms with Crippen LogP contribution in [0.4, 0.5) is 14.9 Å². The Morgan fingerprint density at radius 3 is 2.53 bits per heavy atom. The number of rotatable bonds is 8. The highest BCUT2D eigenvalue weighted by Gasteiger charge is 2.36. The fourth-order valence-electron chi connectivity index (χ4n) is 2.81. The SMILES string of the molecule is CC(C)OC(=O)CN1C(=O)S/C(=C/c2ccc(OCC(=O)Nc3ccc(F)cc3)c(Cl)c2)C1=O.